The van der Waals surface area contributed by atoms with Crippen LogP contribution in [-0.4, -0.2) is 48.9 Å². The third-order valence-electron chi connectivity index (χ3n) is 5.51. The number of nitrogens with one attached hydrogen (secondary N) is 2. The molecule has 0 aromatic heterocycles. The van der Waals surface area contributed by atoms with E-state index in [-0.39, 0.29) is 0 Å². The summed E-state index contributed by atoms with van der Waals surface area (Å²) in [6, 6.07) is 6.02. The van der Waals surface area contributed by atoms with Crippen molar-refractivity contribution in [2.24, 2.45) is 16.6 Å². The van der Waals surface area contributed by atoms with Gasteiger partial charge >= 0.3 is 5.97 Å². The number of benzene rings is 1. The first-order valence-corrected chi connectivity index (χ1v) is 11.0. The summed E-state index contributed by atoms with van der Waals surface area (Å²) in [7, 11) is 0. The van der Waals surface area contributed by atoms with Crippen molar-refractivity contribution in [2.75, 3.05) is 19.6 Å². The Morgan fingerprint density at radius 2 is 2.12 bits per heavy atom. The Bertz CT molecular complexity index is 893. The molecule has 32 heavy (non-hydrogen) atoms. The van der Waals surface area contributed by atoms with E-state index in [0.717, 1.165) is 42.0 Å². The maximum atomic E-state index is 12.7. The molecule has 0 radical (unpaired) electrons. The van der Waals surface area contributed by atoms with Gasteiger partial charge in [0.2, 0.25) is 5.60 Å². The number of ether oxygens (including phenoxy) is 2. The first-order valence-electron chi connectivity index (χ1n) is 11.0. The lowest BCUT2D eigenvalue weighted by atomic mass is 9.89. The van der Waals surface area contributed by atoms with Gasteiger partial charge in [0.1, 0.15) is 17.5 Å². The number of nitrogens with zero attached hydrogens (tertiary/aromatic N) is 1. The standard InChI is InChI=1S/C23H35N5O4/c1-22(2,3)31-20(29)23(4,32-25)19-9-7-16-12-15(6-8-18(16)30-19)17-13-27-21(28-14-17)26-11-5-10-24/h6,8,12-13,19H,5,7,9-11,14,24-25H2,1-4H3,(H2,26,27,28)/t19-,23?/m1/s1. The van der Waals surface area contributed by atoms with Crippen LogP contribution in [0, 0.1) is 0 Å². The molecule has 0 spiro atoms. The Labute approximate surface area is 189 Å². The first-order chi connectivity index (χ1) is 15.2. The third-order valence-corrected chi connectivity index (χ3v) is 5.51. The summed E-state index contributed by atoms with van der Waals surface area (Å²) in [6.45, 7) is 9.13. The van der Waals surface area contributed by atoms with Gasteiger partial charge in [-0.3, -0.25) is 4.84 Å². The molecule has 9 heteroatoms. The number of rotatable bonds is 7. The van der Waals surface area contributed by atoms with Crippen molar-refractivity contribution in [3.63, 3.8) is 0 Å². The van der Waals surface area contributed by atoms with E-state index in [9.17, 15) is 4.79 Å². The topological polar surface area (TPSA) is 133 Å². The summed E-state index contributed by atoms with van der Waals surface area (Å²) in [5.41, 5.74) is 6.70. The van der Waals surface area contributed by atoms with Gasteiger partial charge in [-0.05, 0) is 82.3 Å². The Balaban J connectivity index is 1.71. The molecule has 0 fully saturated rings. The van der Waals surface area contributed by atoms with Crippen LogP contribution in [0.1, 0.15) is 51.7 Å². The van der Waals surface area contributed by atoms with Gasteiger partial charge in [-0.15, -0.1) is 0 Å². The van der Waals surface area contributed by atoms with Gasteiger partial charge in [-0.2, -0.15) is 0 Å². The summed E-state index contributed by atoms with van der Waals surface area (Å²) in [5.74, 6) is 6.47. The van der Waals surface area contributed by atoms with Crippen molar-refractivity contribution in [1.82, 2.24) is 10.6 Å². The maximum Gasteiger partial charge on any atom is 0.344 e. The molecule has 2 atom stereocenters. The van der Waals surface area contributed by atoms with Gasteiger partial charge < -0.3 is 25.8 Å². The molecular formula is C23H35N5O4. The molecule has 0 amide bonds. The maximum absolute atomic E-state index is 12.7. The number of carbonyl (C=O) groups excluding carboxylic acids is 1. The Morgan fingerprint density at radius 3 is 2.75 bits per heavy atom. The van der Waals surface area contributed by atoms with E-state index in [1.54, 1.807) is 27.7 Å². The van der Waals surface area contributed by atoms with Crippen LogP contribution in [0.5, 0.6) is 5.75 Å². The number of aliphatic imine (C=N–C) groups is 1. The quantitative estimate of drug-likeness (QED) is 0.283. The second-order valence-corrected chi connectivity index (χ2v) is 9.25. The summed E-state index contributed by atoms with van der Waals surface area (Å²) in [6.07, 6.45) is 3.52. The molecule has 2 aliphatic heterocycles. The number of nitrogens with two attached hydrogens (primary N) is 2. The van der Waals surface area contributed by atoms with Crippen LogP contribution >= 0.6 is 0 Å². The second kappa shape index (κ2) is 9.89. The van der Waals surface area contributed by atoms with Crippen LogP contribution in [0.15, 0.2) is 29.4 Å². The van der Waals surface area contributed by atoms with Crippen molar-refractivity contribution in [1.29, 1.82) is 0 Å². The van der Waals surface area contributed by atoms with Gasteiger partial charge in [0.05, 0.1) is 0 Å². The monoisotopic (exact) mass is 445 g/mol. The lowest BCUT2D eigenvalue weighted by Crippen LogP contribution is -2.56. The average molecular weight is 446 g/mol. The zero-order valence-electron chi connectivity index (χ0n) is 19.4. The molecule has 2 heterocycles. The first kappa shape index (κ1) is 24.0. The lowest BCUT2D eigenvalue weighted by Gasteiger charge is -2.38. The minimum absolute atomic E-state index is 0.537. The largest absolute Gasteiger partial charge is 0.486 e. The van der Waals surface area contributed by atoms with Gasteiger partial charge in [-0.1, -0.05) is 6.07 Å². The second-order valence-electron chi connectivity index (χ2n) is 9.25. The summed E-state index contributed by atoms with van der Waals surface area (Å²) in [5, 5.41) is 6.52. The van der Waals surface area contributed by atoms with Crippen LogP contribution in [0.4, 0.5) is 0 Å². The molecule has 9 nitrogen and oxygen atoms in total. The SMILES string of the molecule is CC(C)(C)OC(=O)C(C)(ON)[C@H]1CCc2cc(C3=CN=C(NCCCN)NC3)ccc2O1. The Hall–Kier alpha value is -2.62. The van der Waals surface area contributed by atoms with Crippen molar-refractivity contribution in [3.8, 4) is 5.75 Å². The highest BCUT2D eigenvalue weighted by Crippen LogP contribution is 2.35. The van der Waals surface area contributed by atoms with Crippen LogP contribution in [0.2, 0.25) is 0 Å². The van der Waals surface area contributed by atoms with E-state index in [0.29, 0.717) is 25.3 Å². The fourth-order valence-electron chi connectivity index (χ4n) is 3.62. The molecular weight excluding hydrogens is 410 g/mol. The predicted molar refractivity (Wildman–Crippen MR) is 124 cm³/mol. The Kier molecular flexibility index (Phi) is 7.43. The molecule has 2 aliphatic rings. The highest BCUT2D eigenvalue weighted by Gasteiger charge is 2.48. The van der Waals surface area contributed by atoms with Crippen LogP contribution in [-0.2, 0) is 20.8 Å². The zero-order valence-corrected chi connectivity index (χ0v) is 19.4. The summed E-state index contributed by atoms with van der Waals surface area (Å²) in [4.78, 5) is 22.3. The molecule has 0 aliphatic carbocycles. The van der Waals surface area contributed by atoms with E-state index in [2.05, 4.69) is 21.7 Å². The van der Waals surface area contributed by atoms with Crippen LogP contribution in [0.3, 0.4) is 0 Å². The molecule has 1 unspecified atom stereocenters. The number of hydrogen-bond donors (Lipinski definition) is 4. The van der Waals surface area contributed by atoms with E-state index < -0.39 is 23.3 Å². The fraction of sp³-hybridized carbons (Fsp3) is 0.565. The van der Waals surface area contributed by atoms with Gasteiger partial charge in [0, 0.05) is 19.3 Å². The lowest BCUT2D eigenvalue weighted by molar-refractivity contribution is -0.196. The highest BCUT2D eigenvalue weighted by molar-refractivity contribution is 5.86. The summed E-state index contributed by atoms with van der Waals surface area (Å²) < 4.78 is 11.7. The van der Waals surface area contributed by atoms with Crippen LogP contribution < -0.4 is 27.0 Å². The molecule has 176 valence electrons. The van der Waals surface area contributed by atoms with E-state index in [4.69, 9.17) is 25.9 Å². The molecule has 3 rings (SSSR count). The minimum Gasteiger partial charge on any atom is -0.486 e. The highest BCUT2D eigenvalue weighted by atomic mass is 16.7. The van der Waals surface area contributed by atoms with Crippen molar-refractivity contribution < 1.29 is 19.1 Å². The minimum atomic E-state index is -1.40. The average Bonchev–Trinajstić information content (AvgIpc) is 2.77. The van der Waals surface area contributed by atoms with Crippen LogP contribution in [0.25, 0.3) is 5.57 Å². The van der Waals surface area contributed by atoms with Gasteiger partial charge in [-0.25, -0.2) is 15.7 Å². The molecule has 0 saturated carbocycles. The van der Waals surface area contributed by atoms with Crippen molar-refractivity contribution in [3.05, 3.63) is 35.5 Å². The van der Waals surface area contributed by atoms with Crippen molar-refractivity contribution in [2.45, 2.75) is 64.3 Å². The van der Waals surface area contributed by atoms with Crippen molar-refractivity contribution >= 4 is 17.5 Å². The Morgan fingerprint density at radius 1 is 1.34 bits per heavy atom. The molecule has 0 bridgehead atoms. The van der Waals surface area contributed by atoms with Gasteiger partial charge in [0.25, 0.3) is 0 Å². The normalized spacial score (nSPS) is 20.0. The molecule has 0 saturated heterocycles. The summed E-state index contributed by atoms with van der Waals surface area (Å²) >= 11 is 0. The van der Waals surface area contributed by atoms with E-state index in [1.165, 1.54) is 0 Å². The molecule has 6 N–H and O–H groups in total. The number of fused-ring (bicyclic) bond motifs is 1. The van der Waals surface area contributed by atoms with E-state index >= 15 is 0 Å². The molecule has 1 aromatic rings. The number of hydrogen-bond acceptors (Lipinski definition) is 9. The third kappa shape index (κ3) is 5.59. The molecule has 1 aromatic carbocycles. The van der Waals surface area contributed by atoms with Gasteiger partial charge in [0.15, 0.2) is 5.96 Å². The number of guanidine groups is 1. The fourth-order valence-corrected chi connectivity index (χ4v) is 3.62. The van der Waals surface area contributed by atoms with E-state index in [1.807, 2.05) is 18.3 Å². The zero-order chi connectivity index (χ0) is 23.4. The smallest absolute Gasteiger partial charge is 0.344 e. The predicted octanol–water partition coefficient (Wildman–Crippen LogP) is 1.61. The number of carbonyl (C=O) groups is 1. The number of aryl methyl sites for hydroxylation is 1. The number of esters is 1.